The van der Waals surface area contributed by atoms with Crippen molar-refractivity contribution in [3.63, 3.8) is 0 Å². The quantitative estimate of drug-likeness (QED) is 0.181. The topological polar surface area (TPSA) is 38.7 Å². The number of benzene rings is 7. The Labute approximate surface area is 288 Å². The zero-order chi connectivity index (χ0) is 32.6. The summed E-state index contributed by atoms with van der Waals surface area (Å²) < 4.78 is 2.47. The highest BCUT2D eigenvalue weighted by Gasteiger charge is 2.15. The van der Waals surface area contributed by atoms with Gasteiger partial charge in [0.25, 0.3) is 0 Å². The summed E-state index contributed by atoms with van der Waals surface area (Å²) in [7, 11) is 0. The molecule has 0 radical (unpaired) electrons. The van der Waals surface area contributed by atoms with Crippen molar-refractivity contribution in [1.29, 1.82) is 0 Å². The molecule has 2 heterocycles. The van der Waals surface area contributed by atoms with E-state index < -0.39 is 0 Å². The first-order chi connectivity index (χ1) is 24.2. The van der Waals surface area contributed by atoms with Crippen LogP contribution in [0.3, 0.4) is 0 Å². The minimum Gasteiger partial charge on any atom is -0.208 e. The highest BCUT2D eigenvalue weighted by atomic mass is 32.1. The van der Waals surface area contributed by atoms with E-state index in [-0.39, 0.29) is 0 Å². The average molecular weight is 644 g/mol. The van der Waals surface area contributed by atoms with Crippen molar-refractivity contribution in [3.05, 3.63) is 176 Å². The molecule has 230 valence electrons. The van der Waals surface area contributed by atoms with E-state index in [0.29, 0.717) is 17.5 Å². The number of rotatable bonds is 6. The molecule has 0 saturated carbocycles. The zero-order valence-electron chi connectivity index (χ0n) is 26.5. The van der Waals surface area contributed by atoms with Gasteiger partial charge in [-0.15, -0.1) is 11.3 Å². The molecule has 3 nitrogen and oxygen atoms in total. The van der Waals surface area contributed by atoms with Crippen molar-refractivity contribution < 1.29 is 0 Å². The molecule has 0 amide bonds. The van der Waals surface area contributed by atoms with Crippen LogP contribution in [0.2, 0.25) is 0 Å². The summed E-state index contributed by atoms with van der Waals surface area (Å²) in [5, 5.41) is 2.50. The Morgan fingerprint density at radius 2 is 0.653 bits per heavy atom. The van der Waals surface area contributed by atoms with Crippen molar-refractivity contribution in [1.82, 2.24) is 15.0 Å². The molecule has 0 bridgehead atoms. The highest BCUT2D eigenvalue weighted by Crippen LogP contribution is 2.39. The molecule has 7 aromatic carbocycles. The molecule has 4 heteroatoms. The van der Waals surface area contributed by atoms with E-state index >= 15 is 0 Å². The van der Waals surface area contributed by atoms with Gasteiger partial charge in [-0.3, -0.25) is 0 Å². The van der Waals surface area contributed by atoms with Crippen LogP contribution in [0.15, 0.2) is 176 Å². The Bertz CT molecular complexity index is 2560. The summed E-state index contributed by atoms with van der Waals surface area (Å²) in [6, 6.07) is 61.7. The van der Waals surface area contributed by atoms with E-state index in [0.717, 1.165) is 22.3 Å². The van der Waals surface area contributed by atoms with Crippen LogP contribution in [0.5, 0.6) is 0 Å². The molecule has 0 aliphatic carbocycles. The number of thiophene rings is 1. The normalized spacial score (nSPS) is 11.3. The minimum atomic E-state index is 0.655. The first-order valence-corrected chi connectivity index (χ1v) is 17.2. The maximum Gasteiger partial charge on any atom is 0.164 e. The maximum absolute atomic E-state index is 5.03. The van der Waals surface area contributed by atoms with E-state index in [1.54, 1.807) is 11.3 Å². The van der Waals surface area contributed by atoms with Crippen LogP contribution in [-0.4, -0.2) is 15.0 Å². The molecule has 0 aliphatic heterocycles. The smallest absolute Gasteiger partial charge is 0.164 e. The van der Waals surface area contributed by atoms with Crippen molar-refractivity contribution in [2.75, 3.05) is 0 Å². The van der Waals surface area contributed by atoms with Crippen molar-refractivity contribution >= 4 is 31.5 Å². The lowest BCUT2D eigenvalue weighted by molar-refractivity contribution is 1.07. The second kappa shape index (κ2) is 12.4. The van der Waals surface area contributed by atoms with Crippen LogP contribution in [-0.2, 0) is 0 Å². The van der Waals surface area contributed by atoms with Gasteiger partial charge in [-0.25, -0.2) is 15.0 Å². The van der Waals surface area contributed by atoms with Gasteiger partial charge >= 0.3 is 0 Å². The fraction of sp³-hybridized carbons (Fsp3) is 0. The molecule has 9 aromatic rings. The average Bonchev–Trinajstić information content (AvgIpc) is 3.56. The lowest BCUT2D eigenvalue weighted by Crippen LogP contribution is -2.00. The van der Waals surface area contributed by atoms with Gasteiger partial charge in [0.2, 0.25) is 0 Å². The Balaban J connectivity index is 1.09. The van der Waals surface area contributed by atoms with Crippen molar-refractivity contribution in [2.24, 2.45) is 0 Å². The molecule has 0 N–H and O–H groups in total. The molecular formula is C45H29N3S. The Morgan fingerprint density at radius 1 is 0.265 bits per heavy atom. The Morgan fingerprint density at radius 3 is 1.20 bits per heavy atom. The lowest BCUT2D eigenvalue weighted by Gasteiger charge is -2.09. The van der Waals surface area contributed by atoms with E-state index in [1.807, 2.05) is 36.4 Å². The predicted octanol–water partition coefficient (Wildman–Crippen LogP) is 12.2. The highest BCUT2D eigenvalue weighted by molar-refractivity contribution is 7.25. The van der Waals surface area contributed by atoms with Crippen LogP contribution in [0.25, 0.3) is 87.7 Å². The van der Waals surface area contributed by atoms with Crippen LogP contribution < -0.4 is 0 Å². The molecule has 0 unspecified atom stereocenters. The van der Waals surface area contributed by atoms with Gasteiger partial charge < -0.3 is 0 Å². The third kappa shape index (κ3) is 5.69. The van der Waals surface area contributed by atoms with Gasteiger partial charge in [0.05, 0.1) is 0 Å². The van der Waals surface area contributed by atoms with E-state index in [2.05, 4.69) is 140 Å². The summed E-state index contributed by atoms with van der Waals surface area (Å²) in [6.07, 6.45) is 0. The fourth-order valence-electron chi connectivity index (χ4n) is 6.37. The molecule has 49 heavy (non-hydrogen) atoms. The lowest BCUT2D eigenvalue weighted by atomic mass is 9.99. The monoisotopic (exact) mass is 643 g/mol. The Hall–Kier alpha value is -6.23. The fourth-order valence-corrected chi connectivity index (χ4v) is 7.50. The summed E-state index contributed by atoms with van der Waals surface area (Å²) in [5.41, 5.74) is 10.1. The van der Waals surface area contributed by atoms with Crippen LogP contribution >= 0.6 is 11.3 Å². The first kappa shape index (κ1) is 29.0. The number of hydrogen-bond donors (Lipinski definition) is 0. The van der Waals surface area contributed by atoms with Crippen molar-refractivity contribution in [3.8, 4) is 67.5 Å². The summed E-state index contributed by atoms with van der Waals surface area (Å²) in [6.45, 7) is 0. The first-order valence-electron chi connectivity index (χ1n) is 16.4. The van der Waals surface area contributed by atoms with Gasteiger partial charge in [-0.1, -0.05) is 158 Å². The Kier molecular flexibility index (Phi) is 7.34. The van der Waals surface area contributed by atoms with E-state index in [9.17, 15) is 0 Å². The number of nitrogens with zero attached hydrogens (tertiary/aromatic N) is 3. The minimum absolute atomic E-state index is 0.655. The van der Waals surface area contributed by atoms with E-state index in [4.69, 9.17) is 15.0 Å². The van der Waals surface area contributed by atoms with Crippen molar-refractivity contribution in [2.45, 2.75) is 0 Å². The summed E-state index contributed by atoms with van der Waals surface area (Å²) >= 11 is 1.80. The molecular weight excluding hydrogens is 615 g/mol. The van der Waals surface area contributed by atoms with Crippen LogP contribution in [0.1, 0.15) is 0 Å². The second-order valence-corrected chi connectivity index (χ2v) is 13.2. The maximum atomic E-state index is 5.03. The number of hydrogen-bond acceptors (Lipinski definition) is 4. The molecule has 0 saturated heterocycles. The summed E-state index contributed by atoms with van der Waals surface area (Å²) in [5.74, 6) is 1.98. The van der Waals surface area contributed by atoms with Crippen LogP contribution in [0, 0.1) is 0 Å². The largest absolute Gasteiger partial charge is 0.208 e. The third-order valence-corrected chi connectivity index (χ3v) is 10.1. The number of aromatic nitrogens is 3. The number of fused-ring (bicyclic) bond motifs is 3. The molecule has 0 atom stereocenters. The predicted molar refractivity (Wildman–Crippen MR) is 205 cm³/mol. The zero-order valence-corrected chi connectivity index (χ0v) is 27.3. The van der Waals surface area contributed by atoms with Gasteiger partial charge in [-0.2, -0.15) is 0 Å². The standard InChI is InChI=1S/C45H29N3S/c1-4-10-30(11-5-1)32-16-18-34(19-17-32)37-25-27-41-40(28-37)39-26-24-38(29-42(39)49-41)45-47-43(35-14-8-3-9-15-35)46-44(48-45)36-22-20-33(21-23-36)31-12-6-2-7-13-31/h1-29H. The van der Waals surface area contributed by atoms with Crippen LogP contribution in [0.4, 0.5) is 0 Å². The van der Waals surface area contributed by atoms with E-state index in [1.165, 1.54) is 48.0 Å². The SMILES string of the molecule is c1ccc(-c2ccc(-c3ccc4sc5cc(-c6nc(-c7ccccc7)nc(-c7ccc(-c8ccccc8)cc7)n6)ccc5c4c3)cc2)cc1. The van der Waals surface area contributed by atoms with Gasteiger partial charge in [0.1, 0.15) is 0 Å². The molecule has 9 rings (SSSR count). The second-order valence-electron chi connectivity index (χ2n) is 12.1. The van der Waals surface area contributed by atoms with Gasteiger partial charge in [0.15, 0.2) is 17.5 Å². The molecule has 0 fully saturated rings. The molecule has 0 aliphatic rings. The molecule has 0 spiro atoms. The third-order valence-electron chi connectivity index (χ3n) is 8.97. The van der Waals surface area contributed by atoms with Gasteiger partial charge in [0, 0.05) is 36.9 Å². The summed E-state index contributed by atoms with van der Waals surface area (Å²) in [4.78, 5) is 15.0. The molecule has 2 aromatic heterocycles. The van der Waals surface area contributed by atoms with Gasteiger partial charge in [-0.05, 0) is 51.6 Å².